The van der Waals surface area contributed by atoms with Gasteiger partial charge in [0.1, 0.15) is 0 Å². The van der Waals surface area contributed by atoms with Crippen molar-refractivity contribution in [2.75, 3.05) is 0 Å². The summed E-state index contributed by atoms with van der Waals surface area (Å²) in [5, 5.41) is 3.18. The molecular formula is C30H39ClMgOSi. The molecule has 0 aliphatic rings. The Morgan fingerprint density at radius 1 is 0.412 bits per heavy atom. The standard InChI is InChI=1S/C30H39OSi.ClH.Mg/c1-16-13-19(4)28(25(10)22(16)7)32(31,29-20(5)14-17(2)23(8)26(29)11)30-21(6)15-18(3)24(9)27(30)12;;/h13-15H,1-12H3;1H;/q-1;;+2/p-1. The Morgan fingerprint density at radius 2 is 0.618 bits per heavy atom. The predicted octanol–water partition coefficient (Wildman–Crippen LogP) is 1.34. The fourth-order valence-corrected chi connectivity index (χ4v) is 10.6. The zero-order valence-electron chi connectivity index (χ0n) is 23.2. The van der Waals surface area contributed by atoms with Crippen molar-refractivity contribution in [1.82, 2.24) is 0 Å². The van der Waals surface area contributed by atoms with Crippen LogP contribution in [0, 0.1) is 83.1 Å². The van der Waals surface area contributed by atoms with Gasteiger partial charge in [0.25, 0.3) is 0 Å². The molecule has 3 aromatic rings. The molecule has 178 valence electrons. The van der Waals surface area contributed by atoms with Crippen LogP contribution in [-0.2, 0) is 0 Å². The summed E-state index contributed by atoms with van der Waals surface area (Å²) in [6, 6.07) is 6.69. The van der Waals surface area contributed by atoms with Gasteiger partial charge in [0.05, 0.1) is 8.32 Å². The second kappa shape index (κ2) is 10.9. The number of hydrogen-bond donors (Lipinski definition) is 0. The molecular weight excluding hydrogens is 464 g/mol. The van der Waals surface area contributed by atoms with Crippen molar-refractivity contribution in [3.05, 3.63) is 85.0 Å². The summed E-state index contributed by atoms with van der Waals surface area (Å²) >= 11 is 0. The quantitative estimate of drug-likeness (QED) is 0.391. The van der Waals surface area contributed by atoms with Crippen molar-refractivity contribution in [2.45, 2.75) is 83.1 Å². The summed E-state index contributed by atoms with van der Waals surface area (Å²) in [6.07, 6.45) is 0. The van der Waals surface area contributed by atoms with Crippen LogP contribution in [0.15, 0.2) is 18.2 Å². The first-order chi connectivity index (χ1) is 14.7. The molecule has 0 radical (unpaired) electrons. The monoisotopic (exact) mass is 502 g/mol. The second-order valence-electron chi connectivity index (χ2n) is 10.1. The van der Waals surface area contributed by atoms with Gasteiger partial charge in [0, 0.05) is 0 Å². The number of rotatable bonds is 3. The number of benzene rings is 3. The van der Waals surface area contributed by atoms with Gasteiger partial charge in [-0.3, -0.25) is 0 Å². The average Bonchev–Trinajstić information content (AvgIpc) is 2.68. The van der Waals surface area contributed by atoms with E-state index in [1.165, 1.54) is 50.1 Å². The summed E-state index contributed by atoms with van der Waals surface area (Å²) in [6.45, 7) is 25.9. The molecule has 0 atom stereocenters. The largest absolute Gasteiger partial charge is 2.00 e. The summed E-state index contributed by atoms with van der Waals surface area (Å²) < 4.78 is 0. The van der Waals surface area contributed by atoms with Gasteiger partial charge in [0.2, 0.25) is 0 Å². The first-order valence-electron chi connectivity index (χ1n) is 11.7. The maximum Gasteiger partial charge on any atom is 2.00 e. The minimum absolute atomic E-state index is 0. The topological polar surface area (TPSA) is 23.1 Å². The first kappa shape index (κ1) is 30.9. The van der Waals surface area contributed by atoms with Gasteiger partial charge in [-0.05, 0) is 133 Å². The molecule has 0 unspecified atom stereocenters. The van der Waals surface area contributed by atoms with E-state index in [1.54, 1.807) is 0 Å². The molecule has 0 spiro atoms. The van der Waals surface area contributed by atoms with E-state index in [0.717, 1.165) is 32.3 Å². The first-order valence-corrected chi connectivity index (χ1v) is 13.6. The summed E-state index contributed by atoms with van der Waals surface area (Å²) in [5.74, 6) is 0. The Bertz CT molecular complexity index is 1110. The van der Waals surface area contributed by atoms with Crippen LogP contribution < -0.4 is 32.8 Å². The number of halogens is 1. The summed E-state index contributed by atoms with van der Waals surface area (Å²) in [7, 11) is -3.56. The fourth-order valence-electron chi connectivity index (χ4n) is 5.85. The third-order valence-corrected chi connectivity index (χ3v) is 12.5. The van der Waals surface area contributed by atoms with Crippen molar-refractivity contribution in [3.63, 3.8) is 0 Å². The van der Waals surface area contributed by atoms with Crippen LogP contribution in [0.5, 0.6) is 0 Å². The van der Waals surface area contributed by atoms with Gasteiger partial charge in [-0.2, -0.15) is 0 Å². The van der Waals surface area contributed by atoms with Crippen LogP contribution in [0.25, 0.3) is 0 Å². The minimum Gasteiger partial charge on any atom is -1.00 e. The van der Waals surface area contributed by atoms with Crippen molar-refractivity contribution < 1.29 is 17.2 Å². The van der Waals surface area contributed by atoms with Crippen molar-refractivity contribution in [3.8, 4) is 0 Å². The number of aryl methyl sites for hydroxylation is 6. The van der Waals surface area contributed by atoms with E-state index < -0.39 is 8.32 Å². The van der Waals surface area contributed by atoms with Gasteiger partial charge >= 0.3 is 23.1 Å². The molecule has 0 N–H and O–H groups in total. The molecule has 4 heteroatoms. The summed E-state index contributed by atoms with van der Waals surface area (Å²) in [4.78, 5) is 16.0. The fraction of sp³-hybridized carbons (Fsp3) is 0.400. The third kappa shape index (κ3) is 4.67. The van der Waals surface area contributed by atoms with Gasteiger partial charge in [0.15, 0.2) is 0 Å². The van der Waals surface area contributed by atoms with Crippen LogP contribution in [0.1, 0.15) is 66.8 Å². The molecule has 0 aliphatic carbocycles. The molecule has 0 fully saturated rings. The molecule has 0 aromatic heterocycles. The predicted molar refractivity (Wildman–Crippen MR) is 147 cm³/mol. The van der Waals surface area contributed by atoms with Crippen molar-refractivity contribution in [2.24, 2.45) is 0 Å². The average molecular weight is 503 g/mol. The second-order valence-corrected chi connectivity index (χ2v) is 12.9. The maximum atomic E-state index is 16.0. The molecule has 34 heavy (non-hydrogen) atoms. The Balaban J connectivity index is 0.00000289. The van der Waals surface area contributed by atoms with Crippen molar-refractivity contribution >= 4 is 46.9 Å². The molecule has 1 nitrogen and oxygen atoms in total. The van der Waals surface area contributed by atoms with E-state index in [2.05, 4.69) is 101 Å². The Labute approximate surface area is 231 Å². The van der Waals surface area contributed by atoms with Gasteiger partial charge < -0.3 is 17.2 Å². The van der Waals surface area contributed by atoms with E-state index in [0.29, 0.717) is 0 Å². The van der Waals surface area contributed by atoms with Crippen LogP contribution in [0.4, 0.5) is 0 Å². The molecule has 0 aliphatic heterocycles. The third-order valence-electron chi connectivity index (χ3n) is 8.13. The van der Waals surface area contributed by atoms with Crippen LogP contribution >= 0.6 is 0 Å². The van der Waals surface area contributed by atoms with Gasteiger partial charge in [-0.15, -0.1) is 0 Å². The van der Waals surface area contributed by atoms with E-state index in [4.69, 9.17) is 0 Å². The molecule has 0 saturated heterocycles. The van der Waals surface area contributed by atoms with Gasteiger partial charge in [-0.25, -0.2) is 0 Å². The number of hydrogen-bond acceptors (Lipinski definition) is 1. The van der Waals surface area contributed by atoms with Crippen molar-refractivity contribution in [1.29, 1.82) is 0 Å². The van der Waals surface area contributed by atoms with E-state index >= 15 is 4.80 Å². The van der Waals surface area contributed by atoms with Crippen LogP contribution in [0.3, 0.4) is 0 Å². The SMILES string of the molecule is Cc1cc(C)c([Si]([O-])(c2c(C)cc(C)c(C)c2C)c2c(C)cc(C)c(C)c2C)c(C)c1C.[Cl-].[Mg+2]. The Morgan fingerprint density at radius 3 is 0.824 bits per heavy atom. The van der Waals surface area contributed by atoms with Crippen LogP contribution in [-0.4, -0.2) is 31.4 Å². The zero-order chi connectivity index (χ0) is 24.3. The minimum atomic E-state index is -3.56. The smallest absolute Gasteiger partial charge is 1.00 e. The maximum absolute atomic E-state index is 16.0. The molecule has 0 heterocycles. The Hall–Kier alpha value is -1.11. The van der Waals surface area contributed by atoms with E-state index in [9.17, 15) is 0 Å². The molecule has 0 amide bonds. The normalized spacial score (nSPS) is 11.2. The molecule has 3 rings (SSSR count). The van der Waals surface area contributed by atoms with Crippen LogP contribution in [0.2, 0.25) is 0 Å². The molecule has 0 bridgehead atoms. The Kier molecular flexibility index (Phi) is 9.90. The molecule has 3 aromatic carbocycles. The molecule has 0 saturated carbocycles. The van der Waals surface area contributed by atoms with E-state index in [-0.39, 0.29) is 35.5 Å². The zero-order valence-corrected chi connectivity index (χ0v) is 26.4. The van der Waals surface area contributed by atoms with Gasteiger partial charge in [-0.1, -0.05) is 50.4 Å². The summed E-state index contributed by atoms with van der Waals surface area (Å²) in [5.41, 5.74) is 14.5. The van der Waals surface area contributed by atoms with E-state index in [1.807, 2.05) is 0 Å².